The van der Waals surface area contributed by atoms with E-state index in [0.29, 0.717) is 24.7 Å². The van der Waals surface area contributed by atoms with Gasteiger partial charge in [-0.1, -0.05) is 17.7 Å². The molecule has 0 aliphatic rings. The van der Waals surface area contributed by atoms with Gasteiger partial charge in [0.05, 0.1) is 5.69 Å². The number of nitrogens with zero attached hydrogens (tertiary/aromatic N) is 2. The number of aryl methyl sites for hydroxylation is 1. The van der Waals surface area contributed by atoms with Crippen molar-refractivity contribution in [2.45, 2.75) is 18.2 Å². The second-order valence-electron chi connectivity index (χ2n) is 5.81. The van der Waals surface area contributed by atoms with Crippen LogP contribution < -0.4 is 5.32 Å². The van der Waals surface area contributed by atoms with Crippen LogP contribution in [-0.2, 0) is 16.3 Å². The lowest BCUT2D eigenvalue weighted by Crippen LogP contribution is -2.10. The molecule has 3 aromatic rings. The SMILES string of the molecule is Cc1ccc(-c2nc(CCNc3ncccc3S(C)(=O)=O)co2)cc1. The van der Waals surface area contributed by atoms with E-state index < -0.39 is 9.84 Å². The highest BCUT2D eigenvalue weighted by Gasteiger charge is 2.13. The summed E-state index contributed by atoms with van der Waals surface area (Å²) in [5.74, 6) is 0.928. The molecule has 0 aliphatic carbocycles. The van der Waals surface area contributed by atoms with Gasteiger partial charge in [0.2, 0.25) is 5.89 Å². The Morgan fingerprint density at radius 1 is 1.16 bits per heavy atom. The number of benzene rings is 1. The molecule has 2 heterocycles. The lowest BCUT2D eigenvalue weighted by molar-refractivity contribution is 0.572. The van der Waals surface area contributed by atoms with Crippen molar-refractivity contribution < 1.29 is 12.8 Å². The maximum absolute atomic E-state index is 11.8. The predicted octanol–water partition coefficient (Wildman–Crippen LogP) is 3.10. The second kappa shape index (κ2) is 7.06. The molecule has 0 amide bonds. The minimum absolute atomic E-state index is 0.190. The van der Waals surface area contributed by atoms with Crippen LogP contribution in [0.1, 0.15) is 11.3 Å². The van der Waals surface area contributed by atoms with Crippen molar-refractivity contribution in [2.75, 3.05) is 18.1 Å². The van der Waals surface area contributed by atoms with Crippen LogP contribution in [0, 0.1) is 6.92 Å². The number of hydrogen-bond acceptors (Lipinski definition) is 6. The summed E-state index contributed by atoms with van der Waals surface area (Å²) in [7, 11) is -3.32. The van der Waals surface area contributed by atoms with Gasteiger partial charge in [0, 0.05) is 31.0 Å². The minimum atomic E-state index is -3.32. The number of sulfone groups is 1. The fourth-order valence-corrected chi connectivity index (χ4v) is 3.18. The number of nitrogens with one attached hydrogen (secondary N) is 1. The van der Waals surface area contributed by atoms with E-state index in [4.69, 9.17) is 4.42 Å². The zero-order valence-electron chi connectivity index (χ0n) is 14.1. The fourth-order valence-electron chi connectivity index (χ4n) is 2.38. The summed E-state index contributed by atoms with van der Waals surface area (Å²) in [5.41, 5.74) is 2.89. The fraction of sp³-hybridized carbons (Fsp3) is 0.222. The highest BCUT2D eigenvalue weighted by Crippen LogP contribution is 2.20. The van der Waals surface area contributed by atoms with Crippen LogP contribution >= 0.6 is 0 Å². The molecule has 0 spiro atoms. The van der Waals surface area contributed by atoms with Gasteiger partial charge in [0.25, 0.3) is 0 Å². The average Bonchev–Trinajstić information content (AvgIpc) is 3.04. The number of anilines is 1. The van der Waals surface area contributed by atoms with Gasteiger partial charge in [-0.25, -0.2) is 18.4 Å². The first-order valence-corrected chi connectivity index (χ1v) is 9.73. The van der Waals surface area contributed by atoms with E-state index >= 15 is 0 Å². The molecule has 1 N–H and O–H groups in total. The van der Waals surface area contributed by atoms with Crippen LogP contribution in [0.4, 0.5) is 5.82 Å². The summed E-state index contributed by atoms with van der Waals surface area (Å²) in [6, 6.07) is 11.1. The van der Waals surface area contributed by atoms with E-state index in [2.05, 4.69) is 15.3 Å². The Balaban J connectivity index is 1.65. The molecular formula is C18H19N3O3S. The van der Waals surface area contributed by atoms with E-state index in [9.17, 15) is 8.42 Å². The molecule has 0 fully saturated rings. The Bertz CT molecular complexity index is 963. The molecule has 7 heteroatoms. The first-order chi connectivity index (χ1) is 11.9. The van der Waals surface area contributed by atoms with Gasteiger partial charge in [-0.05, 0) is 31.2 Å². The van der Waals surface area contributed by atoms with Gasteiger partial charge in [-0.2, -0.15) is 0 Å². The summed E-state index contributed by atoms with van der Waals surface area (Å²) in [5, 5.41) is 3.05. The van der Waals surface area contributed by atoms with Crippen molar-refractivity contribution in [1.82, 2.24) is 9.97 Å². The highest BCUT2D eigenvalue weighted by atomic mass is 32.2. The third-order valence-corrected chi connectivity index (χ3v) is 4.82. The smallest absolute Gasteiger partial charge is 0.226 e. The third-order valence-electron chi connectivity index (χ3n) is 3.69. The van der Waals surface area contributed by atoms with E-state index in [1.54, 1.807) is 18.5 Å². The largest absolute Gasteiger partial charge is 0.444 e. The summed E-state index contributed by atoms with van der Waals surface area (Å²) in [4.78, 5) is 8.76. The van der Waals surface area contributed by atoms with Gasteiger partial charge in [0.15, 0.2) is 9.84 Å². The molecule has 0 aliphatic heterocycles. The minimum Gasteiger partial charge on any atom is -0.444 e. The molecule has 130 valence electrons. The molecule has 0 bridgehead atoms. The summed E-state index contributed by atoms with van der Waals surface area (Å²) in [6.45, 7) is 2.53. The summed E-state index contributed by atoms with van der Waals surface area (Å²) >= 11 is 0. The molecule has 1 aromatic carbocycles. The van der Waals surface area contributed by atoms with Crippen LogP contribution in [-0.4, -0.2) is 31.2 Å². The molecule has 25 heavy (non-hydrogen) atoms. The summed E-state index contributed by atoms with van der Waals surface area (Å²) in [6.07, 6.45) is 4.94. The van der Waals surface area contributed by atoms with Gasteiger partial charge in [-0.3, -0.25) is 0 Å². The number of rotatable bonds is 6. The molecule has 3 rings (SSSR count). The quantitative estimate of drug-likeness (QED) is 0.730. The Labute approximate surface area is 146 Å². The van der Waals surface area contributed by atoms with Gasteiger partial charge < -0.3 is 9.73 Å². The van der Waals surface area contributed by atoms with Gasteiger partial charge >= 0.3 is 0 Å². The van der Waals surface area contributed by atoms with Crippen molar-refractivity contribution in [3.8, 4) is 11.5 Å². The topological polar surface area (TPSA) is 85.1 Å². The molecular weight excluding hydrogens is 338 g/mol. The lowest BCUT2D eigenvalue weighted by atomic mass is 10.1. The normalized spacial score (nSPS) is 11.4. The summed E-state index contributed by atoms with van der Waals surface area (Å²) < 4.78 is 29.0. The van der Waals surface area contributed by atoms with E-state index in [-0.39, 0.29) is 4.90 Å². The standard InChI is InChI=1S/C18H19N3O3S/c1-13-5-7-14(8-6-13)18-21-15(12-24-18)9-11-20-17-16(25(2,22)23)4-3-10-19-17/h3-8,10,12H,9,11H2,1-2H3,(H,19,20). The van der Waals surface area contributed by atoms with Gasteiger partial charge in [0.1, 0.15) is 17.0 Å². The number of aromatic nitrogens is 2. The first kappa shape index (κ1) is 17.2. The van der Waals surface area contributed by atoms with Crippen molar-refractivity contribution in [3.63, 3.8) is 0 Å². The molecule has 0 atom stereocenters. The Hall–Kier alpha value is -2.67. The van der Waals surface area contributed by atoms with Crippen LogP contribution in [0.15, 0.2) is 58.2 Å². The van der Waals surface area contributed by atoms with Crippen molar-refractivity contribution in [3.05, 3.63) is 60.1 Å². The lowest BCUT2D eigenvalue weighted by Gasteiger charge is -2.08. The van der Waals surface area contributed by atoms with Crippen LogP contribution in [0.25, 0.3) is 11.5 Å². The van der Waals surface area contributed by atoms with Crippen molar-refractivity contribution in [2.24, 2.45) is 0 Å². The zero-order chi connectivity index (χ0) is 17.9. The average molecular weight is 357 g/mol. The second-order valence-corrected chi connectivity index (χ2v) is 7.79. The zero-order valence-corrected chi connectivity index (χ0v) is 14.9. The Morgan fingerprint density at radius 2 is 1.92 bits per heavy atom. The monoisotopic (exact) mass is 357 g/mol. The van der Waals surface area contributed by atoms with E-state index in [1.165, 1.54) is 17.9 Å². The molecule has 0 saturated heterocycles. The maximum Gasteiger partial charge on any atom is 0.226 e. The highest BCUT2D eigenvalue weighted by molar-refractivity contribution is 7.90. The molecule has 0 unspecified atom stereocenters. The number of hydrogen-bond donors (Lipinski definition) is 1. The van der Waals surface area contributed by atoms with Gasteiger partial charge in [-0.15, -0.1) is 0 Å². The molecule has 0 saturated carbocycles. The van der Waals surface area contributed by atoms with Crippen LogP contribution in [0.2, 0.25) is 0 Å². The predicted molar refractivity (Wildman–Crippen MR) is 96.2 cm³/mol. The maximum atomic E-state index is 11.8. The van der Waals surface area contributed by atoms with E-state index in [0.717, 1.165) is 11.3 Å². The van der Waals surface area contributed by atoms with Crippen LogP contribution in [0.5, 0.6) is 0 Å². The number of pyridine rings is 1. The van der Waals surface area contributed by atoms with E-state index in [1.807, 2.05) is 31.2 Å². The van der Waals surface area contributed by atoms with Crippen LogP contribution in [0.3, 0.4) is 0 Å². The molecule has 2 aromatic heterocycles. The first-order valence-electron chi connectivity index (χ1n) is 7.84. The molecule has 0 radical (unpaired) electrons. The Kier molecular flexibility index (Phi) is 4.85. The van der Waals surface area contributed by atoms with Crippen molar-refractivity contribution >= 4 is 15.7 Å². The Morgan fingerprint density at radius 3 is 2.64 bits per heavy atom. The molecule has 6 nitrogen and oxygen atoms in total. The third kappa shape index (κ3) is 4.24. The number of oxazole rings is 1. The van der Waals surface area contributed by atoms with Crippen molar-refractivity contribution in [1.29, 1.82) is 0 Å².